The van der Waals surface area contributed by atoms with Gasteiger partial charge in [-0.3, -0.25) is 0 Å². The molecular formula is C17H20ClN. The molecule has 0 bridgehead atoms. The van der Waals surface area contributed by atoms with Crippen LogP contribution < -0.4 is 0 Å². The van der Waals surface area contributed by atoms with Crippen molar-refractivity contribution in [1.29, 1.82) is 5.26 Å². The summed E-state index contributed by atoms with van der Waals surface area (Å²) < 4.78 is 0. The summed E-state index contributed by atoms with van der Waals surface area (Å²) in [4.78, 5) is 0. The van der Waals surface area contributed by atoms with Crippen molar-refractivity contribution in [1.82, 2.24) is 0 Å². The van der Waals surface area contributed by atoms with Crippen molar-refractivity contribution >= 4 is 11.6 Å². The van der Waals surface area contributed by atoms with Gasteiger partial charge in [0.1, 0.15) is 0 Å². The fourth-order valence-electron chi connectivity index (χ4n) is 4.18. The maximum absolute atomic E-state index is 9.66. The van der Waals surface area contributed by atoms with E-state index in [0.717, 1.165) is 23.4 Å². The van der Waals surface area contributed by atoms with Crippen molar-refractivity contribution in [3.05, 3.63) is 34.9 Å². The third-order valence-corrected chi connectivity index (χ3v) is 5.38. The third-order valence-electron chi connectivity index (χ3n) is 5.13. The summed E-state index contributed by atoms with van der Waals surface area (Å²) >= 11 is 5.95. The van der Waals surface area contributed by atoms with Crippen molar-refractivity contribution in [2.75, 3.05) is 0 Å². The molecule has 2 fully saturated rings. The summed E-state index contributed by atoms with van der Waals surface area (Å²) in [6.07, 6.45) is 10.2. The smallest absolute Gasteiger partial charge is 0.0833 e. The van der Waals surface area contributed by atoms with Crippen LogP contribution in [0.5, 0.6) is 0 Å². The highest BCUT2D eigenvalue weighted by atomic mass is 35.5. The summed E-state index contributed by atoms with van der Waals surface area (Å²) in [6, 6.07) is 10.5. The van der Waals surface area contributed by atoms with Crippen molar-refractivity contribution < 1.29 is 0 Å². The highest BCUT2D eigenvalue weighted by molar-refractivity contribution is 6.30. The lowest BCUT2D eigenvalue weighted by molar-refractivity contribution is 0.0398. The Balaban J connectivity index is 1.81. The summed E-state index contributed by atoms with van der Waals surface area (Å²) in [6.45, 7) is 0. The van der Waals surface area contributed by atoms with Gasteiger partial charge in [-0.05, 0) is 48.8 Å². The van der Waals surface area contributed by atoms with Crippen molar-refractivity contribution in [3.8, 4) is 6.07 Å². The first-order chi connectivity index (χ1) is 9.18. The van der Waals surface area contributed by atoms with Crippen LogP contribution >= 0.6 is 11.6 Å². The summed E-state index contributed by atoms with van der Waals surface area (Å²) in [5.41, 5.74) is 1.38. The fraction of sp³-hybridized carbons (Fsp3) is 0.588. The maximum atomic E-state index is 9.66. The lowest BCUT2D eigenvalue weighted by Gasteiger charge is -2.53. The maximum Gasteiger partial charge on any atom is 0.0833 e. The number of nitrogens with zero attached hydrogens (tertiary/aromatic N) is 1. The van der Waals surface area contributed by atoms with Gasteiger partial charge < -0.3 is 0 Å². The molecule has 0 saturated heterocycles. The molecular weight excluding hydrogens is 254 g/mol. The fourth-order valence-corrected chi connectivity index (χ4v) is 4.30. The Bertz CT molecular complexity index is 481. The zero-order valence-corrected chi connectivity index (χ0v) is 12.0. The number of hydrogen-bond acceptors (Lipinski definition) is 1. The topological polar surface area (TPSA) is 23.8 Å². The van der Waals surface area contributed by atoms with E-state index < -0.39 is 0 Å². The highest BCUT2D eigenvalue weighted by Crippen LogP contribution is 2.61. The number of hydrogen-bond donors (Lipinski definition) is 0. The van der Waals surface area contributed by atoms with Gasteiger partial charge in [0.2, 0.25) is 0 Å². The van der Waals surface area contributed by atoms with Gasteiger partial charge in [0.25, 0.3) is 0 Å². The molecule has 0 radical (unpaired) electrons. The molecule has 0 unspecified atom stereocenters. The predicted octanol–water partition coefficient (Wildman–Crippen LogP) is 5.24. The molecule has 0 atom stereocenters. The van der Waals surface area contributed by atoms with Gasteiger partial charge in [0, 0.05) is 5.02 Å². The Hall–Kier alpha value is -1.00. The molecule has 0 amide bonds. The lowest BCUT2D eigenvalue weighted by atomic mass is 9.49. The molecule has 2 aliphatic carbocycles. The first-order valence-corrected chi connectivity index (χ1v) is 7.73. The van der Waals surface area contributed by atoms with Crippen molar-refractivity contribution in [3.63, 3.8) is 0 Å². The van der Waals surface area contributed by atoms with E-state index in [1.165, 1.54) is 38.5 Å². The largest absolute Gasteiger partial charge is 0.197 e. The molecule has 0 aliphatic heterocycles. The van der Waals surface area contributed by atoms with Crippen LogP contribution in [0.15, 0.2) is 24.3 Å². The van der Waals surface area contributed by atoms with Crippen LogP contribution in [0, 0.1) is 16.7 Å². The Morgan fingerprint density at radius 3 is 2.05 bits per heavy atom. The standard InChI is InChI=1S/C17H20ClN/c18-15-7-5-14(6-8-15)17(13-19)11-16(12-17)9-3-1-2-4-10-16/h5-8H,1-4,9-12H2. The summed E-state index contributed by atoms with van der Waals surface area (Å²) in [5.74, 6) is 0. The van der Waals surface area contributed by atoms with E-state index in [0.29, 0.717) is 5.41 Å². The second-order valence-electron chi connectivity index (χ2n) is 6.47. The summed E-state index contributed by atoms with van der Waals surface area (Å²) in [7, 11) is 0. The number of rotatable bonds is 1. The Kier molecular flexibility index (Phi) is 3.31. The molecule has 2 aliphatic rings. The second kappa shape index (κ2) is 4.84. The molecule has 19 heavy (non-hydrogen) atoms. The van der Waals surface area contributed by atoms with Gasteiger partial charge in [-0.2, -0.15) is 5.26 Å². The van der Waals surface area contributed by atoms with Gasteiger partial charge in [-0.25, -0.2) is 0 Å². The molecule has 2 heteroatoms. The van der Waals surface area contributed by atoms with E-state index >= 15 is 0 Å². The quantitative estimate of drug-likeness (QED) is 0.687. The van der Waals surface area contributed by atoms with Gasteiger partial charge in [0.15, 0.2) is 0 Å². The zero-order chi connectivity index (χ0) is 13.3. The van der Waals surface area contributed by atoms with E-state index in [9.17, 15) is 5.26 Å². The van der Waals surface area contributed by atoms with E-state index in [4.69, 9.17) is 11.6 Å². The van der Waals surface area contributed by atoms with Crippen LogP contribution in [-0.4, -0.2) is 0 Å². The monoisotopic (exact) mass is 273 g/mol. The Morgan fingerprint density at radius 1 is 0.947 bits per heavy atom. The Labute approximate surface area is 120 Å². The molecule has 0 aromatic heterocycles. The lowest BCUT2D eigenvalue weighted by Crippen LogP contribution is -2.48. The van der Waals surface area contributed by atoms with Gasteiger partial charge >= 0.3 is 0 Å². The minimum absolute atomic E-state index is 0.241. The first-order valence-electron chi connectivity index (χ1n) is 7.36. The van der Waals surface area contributed by atoms with Gasteiger partial charge in [0.05, 0.1) is 11.5 Å². The number of benzene rings is 1. The van der Waals surface area contributed by atoms with Crippen LogP contribution in [0.25, 0.3) is 0 Å². The van der Waals surface area contributed by atoms with Gasteiger partial charge in [-0.15, -0.1) is 0 Å². The van der Waals surface area contributed by atoms with Crippen LogP contribution in [0.4, 0.5) is 0 Å². The molecule has 3 rings (SSSR count). The SMILES string of the molecule is N#CC1(c2ccc(Cl)cc2)CC2(CCCCCC2)C1. The normalized spacial score (nSPS) is 24.2. The van der Waals surface area contributed by atoms with Crippen molar-refractivity contribution in [2.24, 2.45) is 5.41 Å². The molecule has 1 aromatic rings. The van der Waals surface area contributed by atoms with E-state index in [-0.39, 0.29) is 5.41 Å². The average Bonchev–Trinajstić information content (AvgIpc) is 2.63. The second-order valence-corrected chi connectivity index (χ2v) is 6.91. The van der Waals surface area contributed by atoms with Crippen molar-refractivity contribution in [2.45, 2.75) is 56.8 Å². The van der Waals surface area contributed by atoms with E-state index in [1.807, 2.05) is 24.3 Å². The van der Waals surface area contributed by atoms with Crippen LogP contribution in [0.2, 0.25) is 5.02 Å². The van der Waals surface area contributed by atoms with Crippen LogP contribution in [-0.2, 0) is 5.41 Å². The van der Waals surface area contributed by atoms with E-state index in [2.05, 4.69) is 6.07 Å². The van der Waals surface area contributed by atoms with Crippen LogP contribution in [0.3, 0.4) is 0 Å². The zero-order valence-electron chi connectivity index (χ0n) is 11.3. The number of halogens is 1. The van der Waals surface area contributed by atoms with Gasteiger partial charge in [-0.1, -0.05) is 49.4 Å². The summed E-state index contributed by atoms with van der Waals surface area (Å²) in [5, 5.41) is 10.4. The minimum atomic E-state index is -0.241. The molecule has 0 heterocycles. The molecule has 1 spiro atoms. The predicted molar refractivity (Wildman–Crippen MR) is 78.1 cm³/mol. The molecule has 0 N–H and O–H groups in total. The molecule has 1 aromatic carbocycles. The minimum Gasteiger partial charge on any atom is -0.197 e. The molecule has 1 nitrogen and oxygen atoms in total. The Morgan fingerprint density at radius 2 is 1.53 bits per heavy atom. The average molecular weight is 274 g/mol. The highest BCUT2D eigenvalue weighted by Gasteiger charge is 2.55. The van der Waals surface area contributed by atoms with E-state index in [1.54, 1.807) is 0 Å². The number of nitriles is 1. The first kappa shape index (κ1) is 13.0. The van der Waals surface area contributed by atoms with Crippen LogP contribution in [0.1, 0.15) is 56.9 Å². The molecule has 2 saturated carbocycles. The molecule has 100 valence electrons. The third kappa shape index (κ3) is 2.28.